The fourth-order valence-corrected chi connectivity index (χ4v) is 8.09. The second-order valence-electron chi connectivity index (χ2n) is 20.1. The lowest BCUT2D eigenvalue weighted by molar-refractivity contribution is 1.13. The van der Waals surface area contributed by atoms with Gasteiger partial charge in [0.2, 0.25) is 0 Å². The van der Waals surface area contributed by atoms with E-state index < -0.39 is 0 Å². The number of rotatable bonds is 0. The number of hydrogen-bond acceptors (Lipinski definition) is 0. The summed E-state index contributed by atoms with van der Waals surface area (Å²) in [5.74, 6) is 0. The van der Waals surface area contributed by atoms with Crippen LogP contribution in [0.4, 0.5) is 0 Å². The second kappa shape index (κ2) is 28.8. The van der Waals surface area contributed by atoms with E-state index in [0.29, 0.717) is 0 Å². The first-order valence-corrected chi connectivity index (χ1v) is 24.8. The van der Waals surface area contributed by atoms with Crippen molar-refractivity contribution in [2.45, 2.75) is 180 Å². The molecule has 7 rings (SSSR count). The van der Waals surface area contributed by atoms with Crippen molar-refractivity contribution in [2.75, 3.05) is 0 Å². The van der Waals surface area contributed by atoms with Crippen molar-refractivity contribution < 1.29 is 0 Å². The van der Waals surface area contributed by atoms with Gasteiger partial charge in [0.1, 0.15) is 0 Å². The van der Waals surface area contributed by atoms with Crippen LogP contribution in [0.5, 0.6) is 0 Å². The highest BCUT2D eigenvalue weighted by atomic mass is 14.1. The van der Waals surface area contributed by atoms with Crippen LogP contribution in [0.25, 0.3) is 0 Å². The van der Waals surface area contributed by atoms with Gasteiger partial charge in [-0.05, 0) is 280 Å². The molecule has 0 heteroatoms. The lowest BCUT2D eigenvalue weighted by Crippen LogP contribution is -1.98. The van der Waals surface area contributed by atoms with Gasteiger partial charge in [0, 0.05) is 0 Å². The molecule has 0 aliphatic heterocycles. The molecular formula is C68H94. The molecule has 0 nitrogen and oxygen atoms in total. The molecule has 68 heavy (non-hydrogen) atoms. The van der Waals surface area contributed by atoms with Crippen LogP contribution in [-0.4, -0.2) is 0 Å². The van der Waals surface area contributed by atoms with Crippen LogP contribution in [0, 0.1) is 180 Å². The lowest BCUT2D eigenvalue weighted by atomic mass is 9.90. The van der Waals surface area contributed by atoms with Crippen LogP contribution in [0.1, 0.15) is 145 Å². The Bertz CT molecular complexity index is 2420. The quantitative estimate of drug-likeness (QED) is 0.142. The Morgan fingerprint density at radius 2 is 0.368 bits per heavy atom. The van der Waals surface area contributed by atoms with Gasteiger partial charge in [0.15, 0.2) is 0 Å². The maximum absolute atomic E-state index is 2.26. The van der Waals surface area contributed by atoms with E-state index >= 15 is 0 Å². The summed E-state index contributed by atoms with van der Waals surface area (Å²) in [5, 5.41) is 0. The van der Waals surface area contributed by atoms with Crippen LogP contribution in [0.2, 0.25) is 0 Å². The minimum atomic E-state index is 1.33. The number of aryl methyl sites for hydroxylation is 14. The summed E-state index contributed by atoms with van der Waals surface area (Å²) in [6.07, 6.45) is 0. The summed E-state index contributed by atoms with van der Waals surface area (Å²) < 4.78 is 0. The first-order valence-electron chi connectivity index (χ1n) is 24.8. The molecule has 0 radical (unpaired) electrons. The summed E-state index contributed by atoms with van der Waals surface area (Å²) in [4.78, 5) is 0. The lowest BCUT2D eigenvalue weighted by Gasteiger charge is -2.15. The summed E-state index contributed by atoms with van der Waals surface area (Å²) >= 11 is 0. The van der Waals surface area contributed by atoms with E-state index in [4.69, 9.17) is 0 Å². The van der Waals surface area contributed by atoms with Crippen LogP contribution < -0.4 is 0 Å². The Kier molecular flexibility index (Phi) is 25.6. The summed E-state index contributed by atoms with van der Waals surface area (Å²) in [6.45, 7) is 56.3. The maximum Gasteiger partial charge on any atom is -0.0392 e. The minimum absolute atomic E-state index is 1.33. The predicted molar refractivity (Wildman–Crippen MR) is 308 cm³/mol. The van der Waals surface area contributed by atoms with Crippen LogP contribution >= 0.6 is 0 Å². The fourth-order valence-electron chi connectivity index (χ4n) is 8.09. The highest BCUT2D eigenvalue weighted by Crippen LogP contribution is 2.25. The van der Waals surface area contributed by atoms with E-state index in [1.54, 1.807) is 0 Å². The number of benzene rings is 7. The van der Waals surface area contributed by atoms with E-state index in [1.807, 2.05) is 0 Å². The average Bonchev–Trinajstić information content (AvgIpc) is 3.27. The van der Waals surface area contributed by atoms with Gasteiger partial charge in [-0.1, -0.05) is 142 Å². The molecule has 7 aromatic rings. The standard InChI is InChI=1S/C12H18.C11H16.2C10H14.C9H12.2C8H10/c1-7-8(2)10(4)12(6)11(5)9(7)3;1-7-6-8(2)10(4)11(5)9(7)3;1-7-5-8(2)10(4)9(3)6-7;1-7-5-6-8(2)10(4)9(7)3;1-7-4-8(2)6-9(3)5-7;1-7-3-5-8(2)6-4-7;1-7-4-3-5-8(2)6-7/h1-6H3;6H,1-5H3;2*5-6H,1-4H3;4-6H,1-3H3;2*3-6H,1-2H3. The Labute approximate surface area is 419 Å². The van der Waals surface area contributed by atoms with Crippen molar-refractivity contribution >= 4 is 0 Å². The predicted octanol–water partition coefficient (Wildman–Crippen LogP) is 19.8. The third-order valence-electron chi connectivity index (χ3n) is 14.3. The SMILES string of the molecule is Cc1c(C)c(C)c(C)c(C)c1C.Cc1cc(C)c(C)c(C)c1.Cc1cc(C)c(C)c(C)c1C.Cc1cc(C)cc(C)c1.Cc1ccc(C)c(C)c1C.Cc1ccc(C)cc1.Cc1cccc(C)c1. The Morgan fingerprint density at radius 1 is 0.147 bits per heavy atom. The second-order valence-corrected chi connectivity index (χ2v) is 20.1. The van der Waals surface area contributed by atoms with Crippen LogP contribution in [-0.2, 0) is 0 Å². The monoisotopic (exact) mass is 911 g/mol. The summed E-state index contributed by atoms with van der Waals surface area (Å²) in [5.41, 5.74) is 36.5. The molecule has 0 aliphatic carbocycles. The molecule has 0 fully saturated rings. The topological polar surface area (TPSA) is 0 Å². The maximum atomic E-state index is 2.26. The Balaban J connectivity index is 0.000000398. The third kappa shape index (κ3) is 20.0. The van der Waals surface area contributed by atoms with E-state index in [1.165, 1.54) is 145 Å². The van der Waals surface area contributed by atoms with Gasteiger partial charge in [0.25, 0.3) is 0 Å². The first kappa shape index (κ1) is 60.6. The summed E-state index contributed by atoms with van der Waals surface area (Å²) in [6, 6.07) is 34.6. The van der Waals surface area contributed by atoms with Crippen molar-refractivity contribution in [3.05, 3.63) is 242 Å². The molecule has 7 aromatic carbocycles. The molecule has 0 amide bonds. The molecular weight excluding hydrogens is 817 g/mol. The van der Waals surface area contributed by atoms with E-state index in [9.17, 15) is 0 Å². The van der Waals surface area contributed by atoms with Crippen molar-refractivity contribution in [1.82, 2.24) is 0 Å². The minimum Gasteiger partial charge on any atom is -0.0617 e. The van der Waals surface area contributed by atoms with Gasteiger partial charge < -0.3 is 0 Å². The van der Waals surface area contributed by atoms with Crippen LogP contribution in [0.3, 0.4) is 0 Å². The Hall–Kier alpha value is -5.46. The van der Waals surface area contributed by atoms with Gasteiger partial charge in [-0.25, -0.2) is 0 Å². The van der Waals surface area contributed by atoms with Gasteiger partial charge in [-0.3, -0.25) is 0 Å². The largest absolute Gasteiger partial charge is 0.0617 e. The molecule has 0 aliphatic rings. The highest BCUT2D eigenvalue weighted by molar-refractivity contribution is 5.49. The molecule has 0 unspecified atom stereocenters. The van der Waals surface area contributed by atoms with Crippen molar-refractivity contribution in [1.29, 1.82) is 0 Å². The molecule has 0 atom stereocenters. The molecule has 0 N–H and O–H groups in total. The molecule has 0 saturated heterocycles. The van der Waals surface area contributed by atoms with Crippen molar-refractivity contribution in [3.8, 4) is 0 Å². The zero-order valence-electron chi connectivity index (χ0n) is 48.2. The van der Waals surface area contributed by atoms with E-state index in [2.05, 4.69) is 277 Å². The molecule has 0 aromatic heterocycles. The third-order valence-corrected chi connectivity index (χ3v) is 14.3. The average molecular weight is 911 g/mol. The molecule has 0 heterocycles. The molecule has 0 saturated carbocycles. The molecule has 0 bridgehead atoms. The van der Waals surface area contributed by atoms with E-state index in [0.717, 1.165) is 0 Å². The number of hydrogen-bond donors (Lipinski definition) is 0. The van der Waals surface area contributed by atoms with Crippen molar-refractivity contribution in [2.24, 2.45) is 0 Å². The zero-order chi connectivity index (χ0) is 52.3. The van der Waals surface area contributed by atoms with Gasteiger partial charge >= 0.3 is 0 Å². The summed E-state index contributed by atoms with van der Waals surface area (Å²) in [7, 11) is 0. The van der Waals surface area contributed by atoms with Gasteiger partial charge in [-0.2, -0.15) is 0 Å². The van der Waals surface area contributed by atoms with Gasteiger partial charge in [-0.15, -0.1) is 0 Å². The van der Waals surface area contributed by atoms with E-state index in [-0.39, 0.29) is 0 Å². The zero-order valence-corrected chi connectivity index (χ0v) is 48.2. The first-order chi connectivity index (χ1) is 31.5. The van der Waals surface area contributed by atoms with Gasteiger partial charge in [0.05, 0.1) is 0 Å². The smallest absolute Gasteiger partial charge is 0.0392 e. The fraction of sp³-hybridized carbons (Fsp3) is 0.382. The molecule has 0 spiro atoms. The Morgan fingerprint density at radius 3 is 0.632 bits per heavy atom. The van der Waals surface area contributed by atoms with Crippen LogP contribution in [0.15, 0.2) is 97.1 Å². The highest BCUT2D eigenvalue weighted by Gasteiger charge is 2.08. The molecule has 366 valence electrons. The normalized spacial score (nSPS) is 9.91. The van der Waals surface area contributed by atoms with Crippen molar-refractivity contribution in [3.63, 3.8) is 0 Å².